The number of hydrogen-bond donors (Lipinski definition) is 1. The smallest absolute Gasteiger partial charge is 0.0959 e. The first-order valence-corrected chi connectivity index (χ1v) is 9.20. The summed E-state index contributed by atoms with van der Waals surface area (Å²) in [5.74, 6) is 0.742. The quantitative estimate of drug-likeness (QED) is 0.812. The highest BCUT2D eigenvalue weighted by atomic mass is 32.1. The number of β-amino-alcohol motifs (C(OH)–C–C–N with tert-alkyl or cyclic N) is 1. The number of hydrogen-bond acceptors (Lipinski definition) is 6. The third-order valence-corrected chi connectivity index (χ3v) is 5.57. The number of aliphatic hydroxyl groups excluding tert-OH is 1. The highest BCUT2D eigenvalue weighted by Crippen LogP contribution is 2.41. The summed E-state index contributed by atoms with van der Waals surface area (Å²) in [4.78, 5) is 11.6. The largest absolute Gasteiger partial charge is 0.390 e. The van der Waals surface area contributed by atoms with Crippen LogP contribution in [0.5, 0.6) is 0 Å². The van der Waals surface area contributed by atoms with E-state index in [0.717, 1.165) is 50.9 Å². The average Bonchev–Trinajstić information content (AvgIpc) is 3.22. The van der Waals surface area contributed by atoms with Gasteiger partial charge in [-0.15, -0.1) is 11.3 Å². The average molecular weight is 324 g/mol. The van der Waals surface area contributed by atoms with Crippen LogP contribution in [0.25, 0.3) is 0 Å². The molecule has 0 radical (unpaired) electrons. The Bertz CT molecular complexity index is 468. The van der Waals surface area contributed by atoms with Crippen LogP contribution >= 0.6 is 11.3 Å². The van der Waals surface area contributed by atoms with Gasteiger partial charge in [0.25, 0.3) is 0 Å². The molecule has 5 nitrogen and oxygen atoms in total. The first-order valence-electron chi connectivity index (χ1n) is 8.32. The number of aliphatic hydroxyl groups is 1. The molecule has 0 amide bonds. The number of piperazine rings is 1. The molecule has 1 aliphatic carbocycles. The number of likely N-dealkylation sites (N-methyl/N-ethyl adjacent to an activating group) is 2. The van der Waals surface area contributed by atoms with Crippen molar-refractivity contribution in [2.24, 2.45) is 0 Å². The fourth-order valence-electron chi connectivity index (χ4n) is 3.00. The molecule has 6 heteroatoms. The summed E-state index contributed by atoms with van der Waals surface area (Å²) in [6.07, 6.45) is 2.34. The van der Waals surface area contributed by atoms with Crippen LogP contribution in [-0.4, -0.2) is 84.3 Å². The molecule has 1 aliphatic heterocycles. The zero-order valence-corrected chi connectivity index (χ0v) is 14.6. The van der Waals surface area contributed by atoms with Gasteiger partial charge in [0.2, 0.25) is 0 Å². The normalized spacial score (nSPS) is 22.4. The first-order chi connectivity index (χ1) is 10.6. The molecule has 0 aromatic carbocycles. The Morgan fingerprint density at radius 2 is 2.09 bits per heavy atom. The molecular weight excluding hydrogens is 296 g/mol. The minimum absolute atomic E-state index is 0.282. The third-order valence-electron chi connectivity index (χ3n) is 4.52. The van der Waals surface area contributed by atoms with Crippen molar-refractivity contribution in [3.63, 3.8) is 0 Å². The second kappa shape index (κ2) is 7.36. The van der Waals surface area contributed by atoms with Crippen LogP contribution in [0.3, 0.4) is 0 Å². The molecule has 2 fully saturated rings. The van der Waals surface area contributed by atoms with Gasteiger partial charge in [-0.3, -0.25) is 9.80 Å². The predicted molar refractivity (Wildman–Crippen MR) is 90.4 cm³/mol. The Morgan fingerprint density at radius 1 is 1.36 bits per heavy atom. The number of aromatic nitrogens is 1. The molecule has 1 saturated heterocycles. The van der Waals surface area contributed by atoms with Crippen LogP contribution in [0.4, 0.5) is 0 Å². The summed E-state index contributed by atoms with van der Waals surface area (Å²) >= 11 is 1.80. The zero-order chi connectivity index (χ0) is 15.5. The Balaban J connectivity index is 1.39. The SMILES string of the molecule is CN1CCN(CC(O)CN(C)Cc2csc(C3CC3)n2)CC1. The van der Waals surface area contributed by atoms with E-state index in [0.29, 0.717) is 6.54 Å². The standard InChI is InChI=1S/C16H28N4OS/c1-18-5-7-20(8-6-18)11-15(21)10-19(2)9-14-12-22-16(17-14)13-3-4-13/h12-13,15,21H,3-11H2,1-2H3. The van der Waals surface area contributed by atoms with Crippen molar-refractivity contribution in [2.45, 2.75) is 31.4 Å². The van der Waals surface area contributed by atoms with E-state index >= 15 is 0 Å². The topological polar surface area (TPSA) is 42.8 Å². The van der Waals surface area contributed by atoms with Crippen molar-refractivity contribution in [2.75, 3.05) is 53.4 Å². The van der Waals surface area contributed by atoms with Crippen molar-refractivity contribution in [3.05, 3.63) is 16.1 Å². The van der Waals surface area contributed by atoms with E-state index in [1.807, 2.05) is 0 Å². The van der Waals surface area contributed by atoms with E-state index in [1.54, 1.807) is 11.3 Å². The van der Waals surface area contributed by atoms with Gasteiger partial charge in [-0.05, 0) is 26.9 Å². The Labute approximate surface area is 137 Å². The summed E-state index contributed by atoms with van der Waals surface area (Å²) in [7, 11) is 4.23. The van der Waals surface area contributed by atoms with Crippen LogP contribution < -0.4 is 0 Å². The maximum atomic E-state index is 10.3. The second-order valence-corrected chi connectivity index (χ2v) is 7.80. The van der Waals surface area contributed by atoms with E-state index < -0.39 is 0 Å². The van der Waals surface area contributed by atoms with Gasteiger partial charge in [0.15, 0.2) is 0 Å². The van der Waals surface area contributed by atoms with Crippen molar-refractivity contribution >= 4 is 11.3 Å². The molecular formula is C16H28N4OS. The van der Waals surface area contributed by atoms with Crippen LogP contribution in [-0.2, 0) is 6.54 Å². The molecule has 1 N–H and O–H groups in total. The van der Waals surface area contributed by atoms with Crippen LogP contribution in [0.2, 0.25) is 0 Å². The molecule has 1 saturated carbocycles. The zero-order valence-electron chi connectivity index (χ0n) is 13.7. The monoisotopic (exact) mass is 324 g/mol. The van der Waals surface area contributed by atoms with Crippen LogP contribution in [0.15, 0.2) is 5.38 Å². The highest BCUT2D eigenvalue weighted by Gasteiger charge is 2.26. The second-order valence-electron chi connectivity index (χ2n) is 6.91. The van der Waals surface area contributed by atoms with Gasteiger partial charge in [0.1, 0.15) is 0 Å². The van der Waals surface area contributed by atoms with Gasteiger partial charge in [0.05, 0.1) is 16.8 Å². The fraction of sp³-hybridized carbons (Fsp3) is 0.812. The van der Waals surface area contributed by atoms with Gasteiger partial charge in [-0.25, -0.2) is 4.98 Å². The van der Waals surface area contributed by atoms with Crippen LogP contribution in [0.1, 0.15) is 29.5 Å². The number of thiazole rings is 1. The first kappa shape index (κ1) is 16.3. The van der Waals surface area contributed by atoms with E-state index in [9.17, 15) is 5.11 Å². The van der Waals surface area contributed by atoms with Gasteiger partial charge < -0.3 is 10.0 Å². The summed E-state index contributed by atoms with van der Waals surface area (Å²) in [6, 6.07) is 0. The lowest BCUT2D eigenvalue weighted by molar-refractivity contribution is 0.0592. The highest BCUT2D eigenvalue weighted by molar-refractivity contribution is 7.09. The molecule has 1 aromatic heterocycles. The van der Waals surface area contributed by atoms with E-state index in [2.05, 4.69) is 34.2 Å². The molecule has 22 heavy (non-hydrogen) atoms. The summed E-state index contributed by atoms with van der Waals surface area (Å²) in [5, 5.41) is 13.8. The molecule has 2 heterocycles. The van der Waals surface area contributed by atoms with Crippen LogP contribution in [0, 0.1) is 0 Å². The van der Waals surface area contributed by atoms with E-state index in [4.69, 9.17) is 4.98 Å². The maximum Gasteiger partial charge on any atom is 0.0959 e. The lowest BCUT2D eigenvalue weighted by atomic mass is 10.2. The van der Waals surface area contributed by atoms with Gasteiger partial charge >= 0.3 is 0 Å². The molecule has 0 spiro atoms. The molecule has 124 valence electrons. The Hall–Kier alpha value is -0.530. The minimum atomic E-state index is -0.282. The Kier molecular flexibility index (Phi) is 5.46. The number of nitrogens with zero attached hydrogens (tertiary/aromatic N) is 4. The summed E-state index contributed by atoms with van der Waals surface area (Å²) < 4.78 is 0. The van der Waals surface area contributed by atoms with Gasteiger partial charge in [0, 0.05) is 57.1 Å². The Morgan fingerprint density at radius 3 is 2.77 bits per heavy atom. The molecule has 1 atom stereocenters. The van der Waals surface area contributed by atoms with Crippen molar-refractivity contribution < 1.29 is 5.11 Å². The lowest BCUT2D eigenvalue weighted by Crippen LogP contribution is -2.48. The predicted octanol–water partition coefficient (Wildman–Crippen LogP) is 1.06. The maximum absolute atomic E-state index is 10.3. The molecule has 0 bridgehead atoms. The summed E-state index contributed by atoms with van der Waals surface area (Å²) in [6.45, 7) is 6.66. The minimum Gasteiger partial charge on any atom is -0.390 e. The number of rotatable bonds is 7. The van der Waals surface area contributed by atoms with Crippen molar-refractivity contribution in [3.8, 4) is 0 Å². The van der Waals surface area contributed by atoms with Crippen molar-refractivity contribution in [1.82, 2.24) is 19.7 Å². The fourth-order valence-corrected chi connectivity index (χ4v) is 3.98. The molecule has 1 unspecified atom stereocenters. The molecule has 3 rings (SSSR count). The summed E-state index contributed by atoms with van der Waals surface area (Å²) in [5.41, 5.74) is 1.15. The van der Waals surface area contributed by atoms with Crippen molar-refractivity contribution in [1.29, 1.82) is 0 Å². The third kappa shape index (κ3) is 4.73. The van der Waals surface area contributed by atoms with Gasteiger partial charge in [-0.2, -0.15) is 0 Å². The molecule has 2 aliphatic rings. The lowest BCUT2D eigenvalue weighted by Gasteiger charge is -2.34. The molecule has 1 aromatic rings. The van der Waals surface area contributed by atoms with E-state index in [1.165, 1.54) is 17.8 Å². The van der Waals surface area contributed by atoms with Gasteiger partial charge in [-0.1, -0.05) is 0 Å². The van der Waals surface area contributed by atoms with E-state index in [-0.39, 0.29) is 6.10 Å².